The van der Waals surface area contributed by atoms with Gasteiger partial charge in [0.1, 0.15) is 22.8 Å². The van der Waals surface area contributed by atoms with Crippen LogP contribution in [-0.4, -0.2) is 43.4 Å². The number of aromatic nitrogens is 4. The Morgan fingerprint density at radius 3 is 2.47 bits per heavy atom. The monoisotopic (exact) mass is 505 g/mol. The molecule has 1 aliphatic heterocycles. The largest absolute Gasteiger partial charge is 0.360 e. The standard InChI is InChI=1S/C27H28ClN5O3/c1-3-32-25(29-33(27(32)35)17-19-9-5-4-6-10-19)20-13-15-31(16-14-20)26(34)23-18(2)36-30-24(23)21-11-7-8-12-22(21)28/h4-12,20H,3,13-17H2,1-2H3. The number of benzene rings is 2. The number of likely N-dealkylation sites (tertiary alicyclic amines) is 1. The fourth-order valence-corrected chi connectivity index (χ4v) is 5.10. The summed E-state index contributed by atoms with van der Waals surface area (Å²) in [6, 6.07) is 17.1. The molecular weight excluding hydrogens is 478 g/mol. The van der Waals surface area contributed by atoms with Crippen LogP contribution in [0.25, 0.3) is 11.3 Å². The number of aryl methyl sites for hydroxylation is 1. The second-order valence-corrected chi connectivity index (χ2v) is 9.44. The molecule has 0 N–H and O–H groups in total. The molecular formula is C27H28ClN5O3. The highest BCUT2D eigenvalue weighted by Crippen LogP contribution is 2.33. The summed E-state index contributed by atoms with van der Waals surface area (Å²) >= 11 is 6.37. The highest BCUT2D eigenvalue weighted by atomic mass is 35.5. The van der Waals surface area contributed by atoms with Gasteiger partial charge in [0.15, 0.2) is 0 Å². The Balaban J connectivity index is 1.34. The Morgan fingerprint density at radius 2 is 1.78 bits per heavy atom. The van der Waals surface area contributed by atoms with Gasteiger partial charge in [-0.25, -0.2) is 9.48 Å². The van der Waals surface area contributed by atoms with Crippen molar-refractivity contribution in [3.8, 4) is 11.3 Å². The van der Waals surface area contributed by atoms with E-state index in [0.29, 0.717) is 53.8 Å². The van der Waals surface area contributed by atoms with Crippen molar-refractivity contribution in [2.45, 2.75) is 45.7 Å². The Hall–Kier alpha value is -3.65. The summed E-state index contributed by atoms with van der Waals surface area (Å²) in [5, 5.41) is 9.37. The van der Waals surface area contributed by atoms with Gasteiger partial charge in [-0.05, 0) is 38.3 Å². The van der Waals surface area contributed by atoms with Crippen molar-refractivity contribution in [2.24, 2.45) is 0 Å². The number of carbonyl (C=O) groups excluding carboxylic acids is 1. The summed E-state index contributed by atoms with van der Waals surface area (Å²) in [6.45, 7) is 5.81. The maximum absolute atomic E-state index is 13.5. The quantitative estimate of drug-likeness (QED) is 0.377. The first-order valence-corrected chi connectivity index (χ1v) is 12.6. The van der Waals surface area contributed by atoms with Crippen molar-refractivity contribution in [1.29, 1.82) is 0 Å². The topological polar surface area (TPSA) is 86.2 Å². The van der Waals surface area contributed by atoms with Gasteiger partial charge in [0, 0.05) is 31.1 Å². The van der Waals surface area contributed by atoms with Gasteiger partial charge in [0.2, 0.25) is 0 Å². The summed E-state index contributed by atoms with van der Waals surface area (Å²) in [6.07, 6.45) is 1.44. The minimum Gasteiger partial charge on any atom is -0.360 e. The number of halogens is 1. The highest BCUT2D eigenvalue weighted by Gasteiger charge is 2.32. The van der Waals surface area contributed by atoms with Crippen molar-refractivity contribution in [3.05, 3.63) is 92.8 Å². The summed E-state index contributed by atoms with van der Waals surface area (Å²) in [5.74, 6) is 1.25. The first kappa shape index (κ1) is 24.1. The van der Waals surface area contributed by atoms with Gasteiger partial charge in [0.05, 0.1) is 11.6 Å². The lowest BCUT2D eigenvalue weighted by molar-refractivity contribution is 0.0709. The zero-order chi connectivity index (χ0) is 25.2. The number of carbonyl (C=O) groups is 1. The van der Waals surface area contributed by atoms with Crippen LogP contribution in [0.1, 0.15) is 53.2 Å². The molecule has 186 valence electrons. The van der Waals surface area contributed by atoms with E-state index in [2.05, 4.69) is 5.16 Å². The third kappa shape index (κ3) is 4.48. The van der Waals surface area contributed by atoms with Crippen molar-refractivity contribution in [1.82, 2.24) is 24.4 Å². The molecule has 3 heterocycles. The van der Waals surface area contributed by atoms with Crippen molar-refractivity contribution in [2.75, 3.05) is 13.1 Å². The minimum absolute atomic E-state index is 0.0978. The number of nitrogens with zero attached hydrogens (tertiary/aromatic N) is 5. The van der Waals surface area contributed by atoms with Gasteiger partial charge in [-0.15, -0.1) is 0 Å². The van der Waals surface area contributed by atoms with Crippen LogP contribution in [0.5, 0.6) is 0 Å². The molecule has 5 rings (SSSR count). The summed E-state index contributed by atoms with van der Waals surface area (Å²) in [7, 11) is 0. The summed E-state index contributed by atoms with van der Waals surface area (Å²) in [5.41, 5.74) is 2.51. The molecule has 8 nitrogen and oxygen atoms in total. The lowest BCUT2D eigenvalue weighted by Crippen LogP contribution is -2.39. The van der Waals surface area contributed by atoms with Gasteiger partial charge in [0.25, 0.3) is 5.91 Å². The molecule has 0 bridgehead atoms. The zero-order valence-corrected chi connectivity index (χ0v) is 21.1. The molecule has 0 spiro atoms. The zero-order valence-electron chi connectivity index (χ0n) is 20.4. The first-order valence-electron chi connectivity index (χ1n) is 12.2. The van der Waals surface area contributed by atoms with Crippen LogP contribution in [-0.2, 0) is 13.1 Å². The fraction of sp³-hybridized carbons (Fsp3) is 0.333. The lowest BCUT2D eigenvalue weighted by atomic mass is 9.95. The number of rotatable bonds is 6. The molecule has 1 amide bonds. The molecule has 0 unspecified atom stereocenters. The first-order chi connectivity index (χ1) is 17.5. The molecule has 1 aliphatic rings. The van der Waals surface area contributed by atoms with Crippen LogP contribution in [0.15, 0.2) is 63.9 Å². The molecule has 2 aromatic carbocycles. The van der Waals surface area contributed by atoms with Crippen LogP contribution in [0, 0.1) is 6.92 Å². The van der Waals surface area contributed by atoms with Gasteiger partial charge in [-0.3, -0.25) is 9.36 Å². The molecule has 2 aromatic heterocycles. The van der Waals surface area contributed by atoms with Crippen LogP contribution >= 0.6 is 11.6 Å². The highest BCUT2D eigenvalue weighted by molar-refractivity contribution is 6.33. The Labute approximate surface area is 214 Å². The van der Waals surface area contributed by atoms with E-state index in [1.807, 2.05) is 60.4 Å². The fourth-order valence-electron chi connectivity index (χ4n) is 4.88. The molecule has 36 heavy (non-hydrogen) atoms. The second-order valence-electron chi connectivity index (χ2n) is 9.04. The van der Waals surface area contributed by atoms with E-state index in [9.17, 15) is 9.59 Å². The summed E-state index contributed by atoms with van der Waals surface area (Å²) in [4.78, 5) is 28.4. The van der Waals surface area contributed by atoms with E-state index in [4.69, 9.17) is 21.2 Å². The summed E-state index contributed by atoms with van der Waals surface area (Å²) < 4.78 is 8.69. The second kappa shape index (κ2) is 10.1. The molecule has 0 aliphatic carbocycles. The minimum atomic E-state index is -0.121. The molecule has 0 atom stereocenters. The molecule has 0 saturated carbocycles. The van der Waals surface area contributed by atoms with Crippen LogP contribution in [0.4, 0.5) is 0 Å². The normalized spacial score (nSPS) is 14.4. The van der Waals surface area contributed by atoms with Crippen LogP contribution in [0.2, 0.25) is 5.02 Å². The Kier molecular flexibility index (Phi) is 6.78. The average Bonchev–Trinajstić information content (AvgIpc) is 3.43. The number of hydrogen-bond acceptors (Lipinski definition) is 5. The molecule has 4 aromatic rings. The van der Waals surface area contributed by atoms with Gasteiger partial charge in [-0.1, -0.05) is 65.3 Å². The maximum atomic E-state index is 13.5. The van der Waals surface area contributed by atoms with E-state index in [1.165, 1.54) is 0 Å². The van der Waals surface area contributed by atoms with E-state index in [0.717, 1.165) is 24.2 Å². The predicted molar refractivity (Wildman–Crippen MR) is 137 cm³/mol. The Morgan fingerprint density at radius 1 is 1.08 bits per heavy atom. The van der Waals surface area contributed by atoms with E-state index in [1.54, 1.807) is 22.2 Å². The average molecular weight is 506 g/mol. The molecule has 0 radical (unpaired) electrons. The van der Waals surface area contributed by atoms with Gasteiger partial charge >= 0.3 is 5.69 Å². The van der Waals surface area contributed by atoms with E-state index in [-0.39, 0.29) is 17.5 Å². The molecule has 1 saturated heterocycles. The predicted octanol–water partition coefficient (Wildman–Crippen LogP) is 4.75. The van der Waals surface area contributed by atoms with Gasteiger partial charge in [-0.2, -0.15) is 5.10 Å². The van der Waals surface area contributed by atoms with Crippen molar-refractivity contribution < 1.29 is 9.32 Å². The smallest absolute Gasteiger partial charge is 0.346 e. The maximum Gasteiger partial charge on any atom is 0.346 e. The van der Waals surface area contributed by atoms with Crippen molar-refractivity contribution >= 4 is 17.5 Å². The lowest BCUT2D eigenvalue weighted by Gasteiger charge is -2.31. The number of piperidine rings is 1. The third-order valence-electron chi connectivity index (χ3n) is 6.80. The van der Waals surface area contributed by atoms with E-state index >= 15 is 0 Å². The van der Waals surface area contributed by atoms with Crippen LogP contribution < -0.4 is 5.69 Å². The third-order valence-corrected chi connectivity index (χ3v) is 7.13. The number of hydrogen-bond donors (Lipinski definition) is 0. The SMILES string of the molecule is CCn1c(C2CCN(C(=O)c3c(-c4ccccc4Cl)noc3C)CC2)nn(Cc2ccccc2)c1=O. The Bertz CT molecular complexity index is 1430. The number of amides is 1. The van der Waals surface area contributed by atoms with E-state index < -0.39 is 0 Å². The van der Waals surface area contributed by atoms with Crippen LogP contribution in [0.3, 0.4) is 0 Å². The van der Waals surface area contributed by atoms with Crippen molar-refractivity contribution in [3.63, 3.8) is 0 Å². The molecule has 1 fully saturated rings. The van der Waals surface area contributed by atoms with Gasteiger partial charge < -0.3 is 9.42 Å². The molecule has 9 heteroatoms.